The predicted molar refractivity (Wildman–Crippen MR) is 102 cm³/mol. The van der Waals surface area contributed by atoms with Crippen LogP contribution in [0.2, 0.25) is 0 Å². The lowest BCUT2D eigenvalue weighted by molar-refractivity contribution is -0.0328. The molecule has 2 amide bonds. The van der Waals surface area contributed by atoms with Crippen LogP contribution in [0.15, 0.2) is 41.4 Å². The molecule has 2 N–H and O–H groups in total. The fourth-order valence-corrected chi connectivity index (χ4v) is 3.35. The average Bonchev–Trinajstić information content (AvgIpc) is 2.68. The SMILES string of the molecule is O=C(NCc1ccnc(N2CCCCC2)n1)Nc1ccc(SC(F)(F)F)cc1. The van der Waals surface area contributed by atoms with Crippen LogP contribution in [0.4, 0.5) is 29.6 Å². The lowest BCUT2D eigenvalue weighted by atomic mass is 10.1. The van der Waals surface area contributed by atoms with Crippen LogP contribution < -0.4 is 15.5 Å². The molecule has 28 heavy (non-hydrogen) atoms. The van der Waals surface area contributed by atoms with Crippen molar-refractivity contribution in [1.29, 1.82) is 0 Å². The molecule has 2 heterocycles. The zero-order valence-corrected chi connectivity index (χ0v) is 15.8. The number of benzene rings is 1. The van der Waals surface area contributed by atoms with Gasteiger partial charge in [0.1, 0.15) is 0 Å². The molecule has 0 bridgehead atoms. The summed E-state index contributed by atoms with van der Waals surface area (Å²) in [5.41, 5.74) is -3.25. The number of hydrogen-bond donors (Lipinski definition) is 2. The van der Waals surface area contributed by atoms with Gasteiger partial charge in [0.2, 0.25) is 5.95 Å². The summed E-state index contributed by atoms with van der Waals surface area (Å²) in [6.45, 7) is 2.08. The molecule has 1 aromatic heterocycles. The van der Waals surface area contributed by atoms with Crippen molar-refractivity contribution in [1.82, 2.24) is 15.3 Å². The average molecular weight is 411 g/mol. The minimum atomic E-state index is -4.34. The summed E-state index contributed by atoms with van der Waals surface area (Å²) in [4.78, 5) is 23.0. The molecule has 0 radical (unpaired) electrons. The van der Waals surface area contributed by atoms with E-state index in [-0.39, 0.29) is 23.2 Å². The molecule has 1 aliphatic rings. The normalized spacial score (nSPS) is 14.6. The van der Waals surface area contributed by atoms with Crippen LogP contribution in [0.25, 0.3) is 0 Å². The fraction of sp³-hybridized carbons (Fsp3) is 0.389. The molecule has 0 atom stereocenters. The quantitative estimate of drug-likeness (QED) is 0.714. The highest BCUT2D eigenvalue weighted by molar-refractivity contribution is 8.00. The monoisotopic (exact) mass is 411 g/mol. The number of nitrogens with one attached hydrogen (secondary N) is 2. The van der Waals surface area contributed by atoms with Crippen LogP contribution in [-0.2, 0) is 6.54 Å². The lowest BCUT2D eigenvalue weighted by Crippen LogP contribution is -2.32. The van der Waals surface area contributed by atoms with Crippen molar-refractivity contribution in [3.8, 4) is 0 Å². The van der Waals surface area contributed by atoms with Crippen molar-refractivity contribution >= 4 is 29.4 Å². The van der Waals surface area contributed by atoms with Gasteiger partial charge in [0.05, 0.1) is 12.2 Å². The van der Waals surface area contributed by atoms with Gasteiger partial charge in [-0.1, -0.05) is 0 Å². The van der Waals surface area contributed by atoms with E-state index >= 15 is 0 Å². The maximum Gasteiger partial charge on any atom is 0.446 e. The van der Waals surface area contributed by atoms with Crippen LogP contribution in [0.1, 0.15) is 25.0 Å². The van der Waals surface area contributed by atoms with E-state index < -0.39 is 11.5 Å². The molecule has 1 fully saturated rings. The first kappa shape index (κ1) is 20.2. The number of thioether (sulfide) groups is 1. The number of rotatable bonds is 5. The minimum Gasteiger partial charge on any atom is -0.341 e. The molecule has 3 rings (SSSR count). The van der Waals surface area contributed by atoms with Gasteiger partial charge in [-0.3, -0.25) is 0 Å². The highest BCUT2D eigenvalue weighted by atomic mass is 32.2. The number of hydrogen-bond acceptors (Lipinski definition) is 5. The number of carbonyl (C=O) groups excluding carboxylic acids is 1. The summed E-state index contributed by atoms with van der Waals surface area (Å²) in [7, 11) is 0. The molecule has 10 heteroatoms. The van der Waals surface area contributed by atoms with Crippen LogP contribution in [0.3, 0.4) is 0 Å². The van der Waals surface area contributed by atoms with E-state index in [1.165, 1.54) is 30.7 Å². The molecular weight excluding hydrogens is 391 g/mol. The second kappa shape index (κ2) is 9.13. The number of amides is 2. The molecule has 0 unspecified atom stereocenters. The van der Waals surface area contributed by atoms with E-state index in [0.29, 0.717) is 17.3 Å². The number of anilines is 2. The van der Waals surface area contributed by atoms with Crippen molar-refractivity contribution in [3.63, 3.8) is 0 Å². The van der Waals surface area contributed by atoms with Gasteiger partial charge in [-0.05, 0) is 61.4 Å². The van der Waals surface area contributed by atoms with Gasteiger partial charge >= 0.3 is 11.5 Å². The Kier molecular flexibility index (Phi) is 6.61. The first-order chi connectivity index (χ1) is 13.4. The smallest absolute Gasteiger partial charge is 0.341 e. The number of alkyl halides is 3. The van der Waals surface area contributed by atoms with E-state index in [4.69, 9.17) is 0 Å². The molecule has 0 saturated carbocycles. The maximum atomic E-state index is 12.3. The van der Waals surface area contributed by atoms with E-state index in [9.17, 15) is 18.0 Å². The largest absolute Gasteiger partial charge is 0.446 e. The Morgan fingerprint density at radius 2 is 1.82 bits per heavy atom. The Labute approximate surface area is 164 Å². The molecule has 0 spiro atoms. The van der Waals surface area contributed by atoms with Crippen LogP contribution in [0.5, 0.6) is 0 Å². The summed E-state index contributed by atoms with van der Waals surface area (Å²) >= 11 is -0.198. The number of nitrogens with zero attached hydrogens (tertiary/aromatic N) is 3. The fourth-order valence-electron chi connectivity index (χ4n) is 2.82. The summed E-state index contributed by atoms with van der Waals surface area (Å²) in [5, 5.41) is 5.27. The minimum absolute atomic E-state index is 0.0599. The van der Waals surface area contributed by atoms with Crippen molar-refractivity contribution in [2.75, 3.05) is 23.3 Å². The zero-order chi connectivity index (χ0) is 20.0. The van der Waals surface area contributed by atoms with Crippen molar-refractivity contribution in [2.24, 2.45) is 0 Å². The number of halogens is 3. The molecule has 1 aromatic carbocycles. The first-order valence-corrected chi connectivity index (χ1v) is 9.68. The van der Waals surface area contributed by atoms with Gasteiger partial charge < -0.3 is 15.5 Å². The summed E-state index contributed by atoms with van der Waals surface area (Å²) in [6, 6.07) is 6.73. The summed E-state index contributed by atoms with van der Waals surface area (Å²) in [6.07, 6.45) is 5.12. The van der Waals surface area contributed by atoms with Gasteiger partial charge in [0.25, 0.3) is 0 Å². The van der Waals surface area contributed by atoms with E-state index in [1.54, 1.807) is 12.3 Å². The molecule has 6 nitrogen and oxygen atoms in total. The van der Waals surface area contributed by atoms with Crippen LogP contribution in [-0.4, -0.2) is 34.6 Å². The Bertz CT molecular complexity index is 795. The lowest BCUT2D eigenvalue weighted by Gasteiger charge is -2.26. The first-order valence-electron chi connectivity index (χ1n) is 8.86. The van der Waals surface area contributed by atoms with E-state index in [1.807, 2.05) is 0 Å². The zero-order valence-electron chi connectivity index (χ0n) is 15.0. The van der Waals surface area contributed by atoms with Crippen molar-refractivity contribution in [3.05, 3.63) is 42.2 Å². The van der Waals surface area contributed by atoms with Gasteiger partial charge in [-0.25, -0.2) is 14.8 Å². The third kappa shape index (κ3) is 6.29. The standard InChI is InChI=1S/C18H20F3N5OS/c19-18(20,21)28-15-6-4-13(5-7-15)25-17(27)23-12-14-8-9-22-16(24-14)26-10-2-1-3-11-26/h4-9H,1-3,10-12H2,(H2,23,25,27). The highest BCUT2D eigenvalue weighted by Crippen LogP contribution is 2.37. The topological polar surface area (TPSA) is 70.2 Å². The molecule has 2 aromatic rings. The summed E-state index contributed by atoms with van der Waals surface area (Å²) in [5.74, 6) is 0.664. The third-order valence-corrected chi connectivity index (χ3v) is 4.85. The molecular formula is C18H20F3N5OS. The Balaban J connectivity index is 1.50. The third-order valence-electron chi connectivity index (χ3n) is 4.12. The van der Waals surface area contributed by atoms with Gasteiger partial charge in [0, 0.05) is 29.9 Å². The Morgan fingerprint density at radius 3 is 2.50 bits per heavy atom. The van der Waals surface area contributed by atoms with Crippen LogP contribution in [0, 0.1) is 0 Å². The predicted octanol–water partition coefficient (Wildman–Crippen LogP) is 4.40. The van der Waals surface area contributed by atoms with Crippen molar-refractivity contribution < 1.29 is 18.0 Å². The van der Waals surface area contributed by atoms with Gasteiger partial charge in [0.15, 0.2) is 0 Å². The second-order valence-electron chi connectivity index (χ2n) is 6.28. The van der Waals surface area contributed by atoms with Gasteiger partial charge in [-0.2, -0.15) is 13.2 Å². The van der Waals surface area contributed by atoms with Gasteiger partial charge in [-0.15, -0.1) is 0 Å². The number of piperidine rings is 1. The second-order valence-corrected chi connectivity index (χ2v) is 7.41. The number of carbonyl (C=O) groups is 1. The molecule has 1 saturated heterocycles. The van der Waals surface area contributed by atoms with Crippen LogP contribution >= 0.6 is 11.8 Å². The Morgan fingerprint density at radius 1 is 1.11 bits per heavy atom. The Hall–Kier alpha value is -2.49. The number of urea groups is 1. The van der Waals surface area contributed by atoms with Crippen molar-refractivity contribution in [2.45, 2.75) is 36.2 Å². The molecule has 1 aliphatic heterocycles. The summed E-state index contributed by atoms with van der Waals surface area (Å²) < 4.78 is 37.0. The van der Waals surface area contributed by atoms with E-state index in [0.717, 1.165) is 25.9 Å². The maximum absolute atomic E-state index is 12.3. The molecule has 0 aliphatic carbocycles. The molecule has 150 valence electrons. The van der Waals surface area contributed by atoms with E-state index in [2.05, 4.69) is 25.5 Å². The number of aromatic nitrogens is 2. The highest BCUT2D eigenvalue weighted by Gasteiger charge is 2.29.